The van der Waals surface area contributed by atoms with Crippen LogP contribution >= 0.6 is 0 Å². The monoisotopic (exact) mass is 352 g/mol. The molecule has 2 heterocycles. The number of benzene rings is 2. The number of nitrogens with one attached hydrogen (secondary N) is 1. The Morgan fingerprint density at radius 2 is 1.92 bits per heavy atom. The van der Waals surface area contributed by atoms with Crippen LogP contribution in [0.2, 0.25) is 0 Å². The SMILES string of the molecule is CC1(C)C(=O)N(CC(=O)NCc2ccc3c(c2)OCO3)c2ccccc21. The Kier molecular flexibility index (Phi) is 3.83. The Balaban J connectivity index is 1.43. The first kappa shape index (κ1) is 16.4. The van der Waals surface area contributed by atoms with Crippen LogP contribution in [0.1, 0.15) is 25.0 Å². The molecule has 2 aliphatic heterocycles. The Morgan fingerprint density at radius 3 is 2.77 bits per heavy atom. The van der Waals surface area contributed by atoms with Gasteiger partial charge in [0.2, 0.25) is 18.6 Å². The molecule has 2 amide bonds. The zero-order valence-electron chi connectivity index (χ0n) is 14.7. The van der Waals surface area contributed by atoms with Crippen LogP contribution in [0.4, 0.5) is 5.69 Å². The van der Waals surface area contributed by atoms with Crippen LogP contribution in [0, 0.1) is 0 Å². The summed E-state index contributed by atoms with van der Waals surface area (Å²) in [5.74, 6) is 1.13. The van der Waals surface area contributed by atoms with Crippen molar-refractivity contribution in [1.29, 1.82) is 0 Å². The molecule has 0 unspecified atom stereocenters. The third-order valence-corrected chi connectivity index (χ3v) is 4.88. The summed E-state index contributed by atoms with van der Waals surface area (Å²) in [6.07, 6.45) is 0. The van der Waals surface area contributed by atoms with Crippen LogP contribution in [0.3, 0.4) is 0 Å². The lowest BCUT2D eigenvalue weighted by Crippen LogP contribution is -2.42. The first-order chi connectivity index (χ1) is 12.5. The van der Waals surface area contributed by atoms with E-state index in [1.807, 2.05) is 56.3 Å². The standard InChI is InChI=1S/C20H20N2O4/c1-20(2)14-5-3-4-6-15(14)22(19(20)24)11-18(23)21-10-13-7-8-16-17(9-13)26-12-25-16/h3-9H,10-12H2,1-2H3,(H,21,23). The maximum atomic E-state index is 12.7. The molecule has 0 atom stereocenters. The van der Waals surface area contributed by atoms with Gasteiger partial charge in [0.25, 0.3) is 0 Å². The van der Waals surface area contributed by atoms with E-state index in [9.17, 15) is 9.59 Å². The van der Waals surface area contributed by atoms with Gasteiger partial charge in [-0.15, -0.1) is 0 Å². The number of rotatable bonds is 4. The molecular formula is C20H20N2O4. The second-order valence-corrected chi connectivity index (χ2v) is 7.00. The van der Waals surface area contributed by atoms with Gasteiger partial charge in [0.15, 0.2) is 11.5 Å². The Bertz CT molecular complexity index is 891. The molecule has 0 saturated heterocycles. The molecule has 134 valence electrons. The van der Waals surface area contributed by atoms with E-state index >= 15 is 0 Å². The zero-order valence-corrected chi connectivity index (χ0v) is 14.7. The summed E-state index contributed by atoms with van der Waals surface area (Å²) in [5, 5.41) is 2.87. The van der Waals surface area contributed by atoms with E-state index in [2.05, 4.69) is 5.32 Å². The molecule has 6 heteroatoms. The van der Waals surface area contributed by atoms with Gasteiger partial charge in [-0.2, -0.15) is 0 Å². The van der Waals surface area contributed by atoms with Gasteiger partial charge >= 0.3 is 0 Å². The van der Waals surface area contributed by atoms with Gasteiger partial charge in [-0.1, -0.05) is 24.3 Å². The summed E-state index contributed by atoms with van der Waals surface area (Å²) in [4.78, 5) is 26.7. The van der Waals surface area contributed by atoms with Crippen LogP contribution in [0.25, 0.3) is 0 Å². The van der Waals surface area contributed by atoms with Crippen LogP contribution in [0.5, 0.6) is 11.5 Å². The maximum absolute atomic E-state index is 12.7. The Labute approximate surface area is 151 Å². The molecular weight excluding hydrogens is 332 g/mol. The average Bonchev–Trinajstić information content (AvgIpc) is 3.17. The molecule has 0 spiro atoms. The minimum atomic E-state index is -0.617. The number of hydrogen-bond acceptors (Lipinski definition) is 4. The number of anilines is 1. The number of fused-ring (bicyclic) bond motifs is 2. The van der Waals surface area contributed by atoms with E-state index in [1.165, 1.54) is 0 Å². The molecule has 0 saturated carbocycles. The lowest BCUT2D eigenvalue weighted by molar-refractivity contribution is -0.125. The maximum Gasteiger partial charge on any atom is 0.240 e. The fourth-order valence-corrected chi connectivity index (χ4v) is 3.41. The van der Waals surface area contributed by atoms with E-state index in [0.29, 0.717) is 18.0 Å². The largest absolute Gasteiger partial charge is 0.454 e. The highest BCUT2D eigenvalue weighted by Crippen LogP contribution is 2.41. The fourth-order valence-electron chi connectivity index (χ4n) is 3.41. The van der Waals surface area contributed by atoms with Gasteiger partial charge < -0.3 is 19.7 Å². The molecule has 0 radical (unpaired) electrons. The molecule has 0 bridgehead atoms. The first-order valence-corrected chi connectivity index (χ1v) is 8.53. The predicted molar refractivity (Wildman–Crippen MR) is 96.2 cm³/mol. The molecule has 2 aromatic rings. The fraction of sp³-hybridized carbons (Fsp3) is 0.300. The molecule has 2 aliphatic rings. The normalized spacial score (nSPS) is 16.5. The number of hydrogen-bond donors (Lipinski definition) is 1. The van der Waals surface area contributed by atoms with Crippen molar-refractivity contribution in [3.05, 3.63) is 53.6 Å². The van der Waals surface area contributed by atoms with Crippen molar-refractivity contribution in [1.82, 2.24) is 5.32 Å². The molecule has 2 aromatic carbocycles. The second-order valence-electron chi connectivity index (χ2n) is 7.00. The lowest BCUT2D eigenvalue weighted by Gasteiger charge is -2.20. The van der Waals surface area contributed by atoms with Crippen LogP contribution in [-0.4, -0.2) is 25.2 Å². The summed E-state index contributed by atoms with van der Waals surface area (Å²) >= 11 is 0. The predicted octanol–water partition coefficient (Wildman–Crippen LogP) is 2.36. The summed E-state index contributed by atoms with van der Waals surface area (Å²) in [5.41, 5.74) is 2.05. The van der Waals surface area contributed by atoms with Crippen LogP contribution < -0.4 is 19.7 Å². The van der Waals surface area contributed by atoms with Gasteiger partial charge in [-0.3, -0.25) is 9.59 Å². The van der Waals surface area contributed by atoms with Crippen LogP contribution in [0.15, 0.2) is 42.5 Å². The van der Waals surface area contributed by atoms with Gasteiger partial charge in [0.1, 0.15) is 6.54 Å². The minimum Gasteiger partial charge on any atom is -0.454 e. The molecule has 6 nitrogen and oxygen atoms in total. The molecule has 26 heavy (non-hydrogen) atoms. The Morgan fingerprint density at radius 1 is 1.15 bits per heavy atom. The number of ether oxygens (including phenoxy) is 2. The lowest BCUT2D eigenvalue weighted by atomic mass is 9.86. The van der Waals surface area contributed by atoms with E-state index < -0.39 is 5.41 Å². The number of nitrogens with zero attached hydrogens (tertiary/aromatic N) is 1. The number of carbonyl (C=O) groups excluding carboxylic acids is 2. The van der Waals surface area contributed by atoms with Crippen molar-refractivity contribution in [3.8, 4) is 11.5 Å². The van der Waals surface area contributed by atoms with Gasteiger partial charge in [0, 0.05) is 12.2 Å². The van der Waals surface area contributed by atoms with E-state index in [1.54, 1.807) is 4.90 Å². The third-order valence-electron chi connectivity index (χ3n) is 4.88. The molecule has 0 fully saturated rings. The third kappa shape index (κ3) is 2.67. The number of para-hydroxylation sites is 1. The highest BCUT2D eigenvalue weighted by atomic mass is 16.7. The molecule has 0 aliphatic carbocycles. The molecule has 0 aromatic heterocycles. The van der Waals surface area contributed by atoms with E-state index in [-0.39, 0.29) is 25.2 Å². The summed E-state index contributed by atoms with van der Waals surface area (Å²) in [7, 11) is 0. The van der Waals surface area contributed by atoms with Crippen molar-refractivity contribution in [3.63, 3.8) is 0 Å². The minimum absolute atomic E-state index is 0.00380. The van der Waals surface area contributed by atoms with Crippen molar-refractivity contribution < 1.29 is 19.1 Å². The Hall–Kier alpha value is -3.02. The van der Waals surface area contributed by atoms with E-state index in [0.717, 1.165) is 16.8 Å². The molecule has 1 N–H and O–H groups in total. The average molecular weight is 352 g/mol. The van der Waals surface area contributed by atoms with Crippen molar-refractivity contribution in [2.45, 2.75) is 25.8 Å². The van der Waals surface area contributed by atoms with Gasteiger partial charge in [-0.25, -0.2) is 0 Å². The number of carbonyl (C=O) groups is 2. The number of amides is 2. The quantitative estimate of drug-likeness (QED) is 0.917. The molecule has 4 rings (SSSR count). The summed E-state index contributed by atoms with van der Waals surface area (Å²) in [6.45, 7) is 4.36. The highest BCUT2D eigenvalue weighted by molar-refractivity contribution is 6.10. The van der Waals surface area contributed by atoms with E-state index in [4.69, 9.17) is 9.47 Å². The van der Waals surface area contributed by atoms with Crippen LogP contribution in [-0.2, 0) is 21.5 Å². The van der Waals surface area contributed by atoms with Gasteiger partial charge in [-0.05, 0) is 43.2 Å². The van der Waals surface area contributed by atoms with Gasteiger partial charge in [0.05, 0.1) is 5.41 Å². The van der Waals surface area contributed by atoms with Crippen molar-refractivity contribution in [2.75, 3.05) is 18.2 Å². The van der Waals surface area contributed by atoms with Crippen molar-refractivity contribution >= 4 is 17.5 Å². The topological polar surface area (TPSA) is 67.9 Å². The highest BCUT2D eigenvalue weighted by Gasteiger charge is 2.44. The summed E-state index contributed by atoms with van der Waals surface area (Å²) < 4.78 is 10.6. The second kappa shape index (κ2) is 6.05. The van der Waals surface area contributed by atoms with Crippen molar-refractivity contribution in [2.24, 2.45) is 0 Å². The zero-order chi connectivity index (χ0) is 18.3. The smallest absolute Gasteiger partial charge is 0.240 e. The summed E-state index contributed by atoms with van der Waals surface area (Å²) in [6, 6.07) is 13.2. The first-order valence-electron chi connectivity index (χ1n) is 8.53.